The average Bonchev–Trinajstić information content (AvgIpc) is 2.80. The van der Waals surface area contributed by atoms with E-state index in [1.54, 1.807) is 11.3 Å². The summed E-state index contributed by atoms with van der Waals surface area (Å²) >= 11 is 1.78. The molecule has 19 heavy (non-hydrogen) atoms. The van der Waals surface area contributed by atoms with E-state index in [9.17, 15) is 4.39 Å². The second kappa shape index (κ2) is 6.28. The molecule has 1 aromatic carbocycles. The van der Waals surface area contributed by atoms with Crippen molar-refractivity contribution in [1.29, 1.82) is 0 Å². The molecule has 0 aliphatic rings. The molecule has 1 atom stereocenters. The molecule has 0 bridgehead atoms. The molecule has 1 unspecified atom stereocenters. The van der Waals surface area contributed by atoms with Crippen LogP contribution in [0.3, 0.4) is 0 Å². The van der Waals surface area contributed by atoms with E-state index in [2.05, 4.69) is 31.0 Å². The summed E-state index contributed by atoms with van der Waals surface area (Å²) < 4.78 is 12.9. The van der Waals surface area contributed by atoms with Crippen LogP contribution in [0.15, 0.2) is 36.4 Å². The van der Waals surface area contributed by atoms with E-state index >= 15 is 0 Å². The highest BCUT2D eigenvalue weighted by Gasteiger charge is 2.17. The highest BCUT2D eigenvalue weighted by molar-refractivity contribution is 7.12. The third-order valence-electron chi connectivity index (χ3n) is 3.19. The Hall–Kier alpha value is -1.23. The summed E-state index contributed by atoms with van der Waals surface area (Å²) in [5, 5.41) is 0. The second-order valence-electron chi connectivity index (χ2n) is 4.74. The van der Waals surface area contributed by atoms with Gasteiger partial charge in [-0.1, -0.05) is 12.1 Å². The fourth-order valence-electron chi connectivity index (χ4n) is 2.13. The molecule has 2 nitrogen and oxygen atoms in total. The van der Waals surface area contributed by atoms with E-state index in [0.29, 0.717) is 6.54 Å². The molecule has 102 valence electrons. The van der Waals surface area contributed by atoms with Crippen LogP contribution in [-0.4, -0.2) is 18.5 Å². The number of benzene rings is 1. The van der Waals surface area contributed by atoms with Crippen molar-refractivity contribution in [2.75, 3.05) is 13.6 Å². The van der Waals surface area contributed by atoms with Gasteiger partial charge in [0.15, 0.2) is 0 Å². The number of rotatable bonds is 5. The number of nitrogens with zero attached hydrogens (tertiary/aromatic N) is 1. The number of halogens is 1. The van der Waals surface area contributed by atoms with Gasteiger partial charge in [-0.15, -0.1) is 11.3 Å². The maximum absolute atomic E-state index is 12.9. The molecule has 0 saturated carbocycles. The number of hydrogen-bond acceptors (Lipinski definition) is 3. The normalized spacial score (nSPS) is 12.9. The van der Waals surface area contributed by atoms with Crippen molar-refractivity contribution >= 4 is 11.3 Å². The lowest BCUT2D eigenvalue weighted by atomic mass is 10.1. The van der Waals surface area contributed by atoms with Crippen LogP contribution in [0.5, 0.6) is 0 Å². The summed E-state index contributed by atoms with van der Waals surface area (Å²) in [6.45, 7) is 3.44. The Balaban J connectivity index is 2.08. The van der Waals surface area contributed by atoms with Gasteiger partial charge in [0, 0.05) is 22.8 Å². The van der Waals surface area contributed by atoms with Crippen LogP contribution >= 0.6 is 11.3 Å². The maximum Gasteiger partial charge on any atom is 0.123 e. The van der Waals surface area contributed by atoms with E-state index in [1.807, 2.05) is 12.1 Å². The van der Waals surface area contributed by atoms with Crippen molar-refractivity contribution in [2.24, 2.45) is 5.73 Å². The number of nitrogens with two attached hydrogens (primary N) is 1. The van der Waals surface area contributed by atoms with Gasteiger partial charge in [0.2, 0.25) is 0 Å². The smallest absolute Gasteiger partial charge is 0.123 e. The first kappa shape index (κ1) is 14.2. The molecule has 0 aliphatic carbocycles. The molecule has 0 spiro atoms. The fourth-order valence-corrected chi connectivity index (χ4v) is 3.19. The van der Waals surface area contributed by atoms with Crippen LogP contribution in [0.25, 0.3) is 0 Å². The van der Waals surface area contributed by atoms with Gasteiger partial charge in [0.25, 0.3) is 0 Å². The number of thiophene rings is 1. The van der Waals surface area contributed by atoms with Crippen LogP contribution in [0.1, 0.15) is 21.4 Å². The Kier molecular flexibility index (Phi) is 4.69. The molecule has 2 rings (SSSR count). The Labute approximate surface area is 117 Å². The first-order chi connectivity index (χ1) is 9.10. The highest BCUT2D eigenvalue weighted by Crippen LogP contribution is 2.27. The summed E-state index contributed by atoms with van der Waals surface area (Å²) in [5.41, 5.74) is 6.99. The molecule has 0 aliphatic heterocycles. The van der Waals surface area contributed by atoms with Gasteiger partial charge < -0.3 is 5.73 Å². The minimum absolute atomic E-state index is 0.198. The minimum atomic E-state index is -0.198. The van der Waals surface area contributed by atoms with Crippen LogP contribution in [0, 0.1) is 12.7 Å². The maximum atomic E-state index is 12.9. The molecular formula is C15H19FN2S. The summed E-state index contributed by atoms with van der Waals surface area (Å²) in [7, 11) is 2.05. The van der Waals surface area contributed by atoms with Gasteiger partial charge in [-0.2, -0.15) is 0 Å². The van der Waals surface area contributed by atoms with Gasteiger partial charge in [-0.3, -0.25) is 4.90 Å². The van der Waals surface area contributed by atoms with Crippen molar-refractivity contribution in [2.45, 2.75) is 19.5 Å². The fraction of sp³-hybridized carbons (Fsp3) is 0.333. The van der Waals surface area contributed by atoms with Gasteiger partial charge in [0.1, 0.15) is 5.82 Å². The minimum Gasteiger partial charge on any atom is -0.329 e. The first-order valence-electron chi connectivity index (χ1n) is 6.31. The molecule has 0 amide bonds. The SMILES string of the molecule is Cc1ccc(C(CN)N(C)Cc2ccc(F)cc2)s1. The summed E-state index contributed by atoms with van der Waals surface area (Å²) in [6, 6.07) is 11.1. The standard InChI is InChI=1S/C15H19FN2S/c1-11-3-8-15(19-11)14(9-17)18(2)10-12-4-6-13(16)7-5-12/h3-8,14H,9-10,17H2,1-2H3. The Bertz CT molecular complexity index is 521. The van der Waals surface area contributed by atoms with Crippen molar-refractivity contribution in [3.05, 3.63) is 57.5 Å². The van der Waals surface area contributed by atoms with E-state index in [0.717, 1.165) is 12.1 Å². The van der Waals surface area contributed by atoms with E-state index < -0.39 is 0 Å². The van der Waals surface area contributed by atoms with Crippen LogP contribution in [0.2, 0.25) is 0 Å². The predicted molar refractivity (Wildman–Crippen MR) is 78.7 cm³/mol. The number of hydrogen-bond donors (Lipinski definition) is 1. The van der Waals surface area contributed by atoms with Gasteiger partial charge in [0.05, 0.1) is 6.04 Å². The van der Waals surface area contributed by atoms with Crippen LogP contribution in [-0.2, 0) is 6.54 Å². The Morgan fingerprint density at radius 1 is 1.21 bits per heavy atom. The summed E-state index contributed by atoms with van der Waals surface area (Å²) in [5.74, 6) is -0.198. The van der Waals surface area contributed by atoms with E-state index in [-0.39, 0.29) is 11.9 Å². The molecular weight excluding hydrogens is 259 g/mol. The lowest BCUT2D eigenvalue weighted by Gasteiger charge is -2.26. The largest absolute Gasteiger partial charge is 0.329 e. The number of aryl methyl sites for hydroxylation is 1. The Morgan fingerprint density at radius 3 is 2.42 bits per heavy atom. The van der Waals surface area contributed by atoms with Crippen molar-refractivity contribution in [3.63, 3.8) is 0 Å². The molecule has 0 fully saturated rings. The quantitative estimate of drug-likeness (QED) is 0.909. The zero-order chi connectivity index (χ0) is 13.8. The summed E-state index contributed by atoms with van der Waals surface area (Å²) in [6.07, 6.45) is 0. The highest BCUT2D eigenvalue weighted by atomic mass is 32.1. The lowest BCUT2D eigenvalue weighted by molar-refractivity contribution is 0.245. The van der Waals surface area contributed by atoms with Crippen LogP contribution < -0.4 is 5.73 Å². The molecule has 1 aromatic heterocycles. The number of likely N-dealkylation sites (N-methyl/N-ethyl adjacent to an activating group) is 1. The molecule has 1 heterocycles. The van der Waals surface area contributed by atoms with E-state index in [4.69, 9.17) is 5.73 Å². The Morgan fingerprint density at radius 2 is 1.89 bits per heavy atom. The predicted octanol–water partition coefficient (Wildman–Crippen LogP) is 3.33. The van der Waals surface area contributed by atoms with E-state index in [1.165, 1.54) is 21.9 Å². The van der Waals surface area contributed by atoms with Crippen LogP contribution in [0.4, 0.5) is 4.39 Å². The molecule has 2 aromatic rings. The van der Waals surface area contributed by atoms with Gasteiger partial charge in [-0.05, 0) is 43.8 Å². The van der Waals surface area contributed by atoms with Crippen molar-refractivity contribution in [3.8, 4) is 0 Å². The average molecular weight is 278 g/mol. The van der Waals surface area contributed by atoms with Crippen molar-refractivity contribution < 1.29 is 4.39 Å². The molecule has 4 heteroatoms. The second-order valence-corrected chi connectivity index (χ2v) is 6.06. The van der Waals surface area contributed by atoms with Crippen molar-refractivity contribution in [1.82, 2.24) is 4.90 Å². The van der Waals surface area contributed by atoms with Gasteiger partial charge >= 0.3 is 0 Å². The molecule has 0 saturated heterocycles. The van der Waals surface area contributed by atoms with Gasteiger partial charge in [-0.25, -0.2) is 4.39 Å². The topological polar surface area (TPSA) is 29.3 Å². The summed E-state index contributed by atoms with van der Waals surface area (Å²) in [4.78, 5) is 4.78. The zero-order valence-corrected chi connectivity index (χ0v) is 12.1. The third kappa shape index (κ3) is 3.62. The third-order valence-corrected chi connectivity index (χ3v) is 4.29. The monoisotopic (exact) mass is 278 g/mol. The zero-order valence-electron chi connectivity index (χ0n) is 11.3. The lowest BCUT2D eigenvalue weighted by Crippen LogP contribution is -2.29. The molecule has 2 N–H and O–H groups in total. The molecule has 0 radical (unpaired) electrons. The first-order valence-corrected chi connectivity index (χ1v) is 7.13.